The third-order valence-electron chi connectivity index (χ3n) is 3.40. The average Bonchev–Trinajstić information content (AvgIpc) is 2.56. The van der Waals surface area contributed by atoms with Gasteiger partial charge in [0.05, 0.1) is 6.61 Å². The molecule has 5 nitrogen and oxygen atoms in total. The number of amides is 1. The van der Waals surface area contributed by atoms with E-state index in [1.165, 1.54) is 0 Å². The summed E-state index contributed by atoms with van der Waals surface area (Å²) in [4.78, 5) is 24.1. The Morgan fingerprint density at radius 2 is 1.83 bits per heavy atom. The van der Waals surface area contributed by atoms with Gasteiger partial charge in [-0.1, -0.05) is 29.8 Å². The van der Waals surface area contributed by atoms with Gasteiger partial charge in [-0.05, 0) is 44.5 Å². The van der Waals surface area contributed by atoms with Gasteiger partial charge in [0.2, 0.25) is 0 Å². The van der Waals surface area contributed by atoms with Gasteiger partial charge in [0.1, 0.15) is 11.3 Å². The van der Waals surface area contributed by atoms with Crippen molar-refractivity contribution in [3.8, 4) is 5.75 Å². The van der Waals surface area contributed by atoms with Crippen molar-refractivity contribution in [2.45, 2.75) is 20.8 Å². The molecule has 1 amide bonds. The summed E-state index contributed by atoms with van der Waals surface area (Å²) in [5.41, 5.74) is 3.08. The predicted octanol–water partition coefficient (Wildman–Crippen LogP) is 3.50. The monoisotopic (exact) mass is 327 g/mol. The van der Waals surface area contributed by atoms with Crippen LogP contribution in [0, 0.1) is 13.8 Å². The van der Waals surface area contributed by atoms with Gasteiger partial charge in [-0.25, -0.2) is 4.79 Å². The Hall–Kier alpha value is -2.82. The molecule has 0 saturated heterocycles. The molecule has 0 aromatic heterocycles. The molecule has 24 heavy (non-hydrogen) atoms. The lowest BCUT2D eigenvalue weighted by Crippen LogP contribution is -2.21. The Kier molecular flexibility index (Phi) is 5.95. The largest absolute Gasteiger partial charge is 0.493 e. The number of carbonyl (C=O) groups excluding carboxylic acids is 2. The van der Waals surface area contributed by atoms with E-state index < -0.39 is 5.97 Å². The number of carbonyl (C=O) groups is 2. The van der Waals surface area contributed by atoms with Gasteiger partial charge in [-0.3, -0.25) is 4.79 Å². The Morgan fingerprint density at radius 3 is 2.54 bits per heavy atom. The molecule has 126 valence electrons. The number of para-hydroxylation sites is 1. The molecule has 2 aromatic carbocycles. The lowest BCUT2D eigenvalue weighted by atomic mass is 10.1. The maximum absolute atomic E-state index is 12.1. The maximum Gasteiger partial charge on any atom is 0.342 e. The van der Waals surface area contributed by atoms with Gasteiger partial charge in [-0.15, -0.1) is 0 Å². The predicted molar refractivity (Wildman–Crippen MR) is 92.4 cm³/mol. The van der Waals surface area contributed by atoms with Crippen LogP contribution in [-0.4, -0.2) is 25.1 Å². The highest BCUT2D eigenvalue weighted by Gasteiger charge is 2.15. The standard InChI is InChI=1S/C19H21NO4/c1-4-23-17-8-6-5-7-15(17)19(22)24-12-18(21)20-16-10-9-13(2)11-14(16)3/h5-11H,4,12H2,1-3H3,(H,20,21). The minimum atomic E-state index is -0.588. The normalized spacial score (nSPS) is 10.1. The van der Waals surface area contributed by atoms with E-state index >= 15 is 0 Å². The Labute approximate surface area is 141 Å². The molecule has 1 N–H and O–H groups in total. The number of rotatable bonds is 6. The number of anilines is 1. The van der Waals surface area contributed by atoms with Crippen LogP contribution in [0.5, 0.6) is 5.75 Å². The molecule has 0 saturated carbocycles. The van der Waals surface area contributed by atoms with Gasteiger partial charge in [0, 0.05) is 5.69 Å². The second-order valence-corrected chi connectivity index (χ2v) is 5.37. The van der Waals surface area contributed by atoms with Crippen molar-refractivity contribution in [2.75, 3.05) is 18.5 Å². The summed E-state index contributed by atoms with van der Waals surface area (Å²) >= 11 is 0. The SMILES string of the molecule is CCOc1ccccc1C(=O)OCC(=O)Nc1ccc(C)cc1C. The fourth-order valence-corrected chi connectivity index (χ4v) is 2.27. The topological polar surface area (TPSA) is 64.6 Å². The van der Waals surface area contributed by atoms with E-state index in [0.29, 0.717) is 23.6 Å². The molecule has 0 aliphatic heterocycles. The third-order valence-corrected chi connectivity index (χ3v) is 3.40. The van der Waals surface area contributed by atoms with Crippen LogP contribution in [0.1, 0.15) is 28.4 Å². The maximum atomic E-state index is 12.1. The minimum absolute atomic E-state index is 0.304. The molecule has 2 rings (SSSR count). The number of hydrogen-bond acceptors (Lipinski definition) is 4. The van der Waals surface area contributed by atoms with Gasteiger partial charge in [0.15, 0.2) is 6.61 Å². The zero-order chi connectivity index (χ0) is 17.5. The first-order valence-corrected chi connectivity index (χ1v) is 7.77. The fourth-order valence-electron chi connectivity index (χ4n) is 2.27. The summed E-state index contributed by atoms with van der Waals surface area (Å²) in [6.07, 6.45) is 0. The highest BCUT2D eigenvalue weighted by molar-refractivity contribution is 5.97. The number of nitrogens with one attached hydrogen (secondary N) is 1. The summed E-state index contributed by atoms with van der Waals surface area (Å²) in [5, 5.41) is 2.74. The second-order valence-electron chi connectivity index (χ2n) is 5.37. The fraction of sp³-hybridized carbons (Fsp3) is 0.263. The zero-order valence-corrected chi connectivity index (χ0v) is 14.1. The average molecular weight is 327 g/mol. The highest BCUT2D eigenvalue weighted by Crippen LogP contribution is 2.19. The molecule has 0 heterocycles. The van der Waals surface area contributed by atoms with Crippen molar-refractivity contribution >= 4 is 17.6 Å². The van der Waals surface area contributed by atoms with Crippen LogP contribution >= 0.6 is 0 Å². The Morgan fingerprint density at radius 1 is 1.08 bits per heavy atom. The van der Waals surface area contributed by atoms with Crippen molar-refractivity contribution in [3.05, 3.63) is 59.2 Å². The lowest BCUT2D eigenvalue weighted by molar-refractivity contribution is -0.119. The van der Waals surface area contributed by atoms with E-state index in [-0.39, 0.29) is 12.5 Å². The molecule has 0 fully saturated rings. The summed E-state index contributed by atoms with van der Waals surface area (Å²) in [5.74, 6) is -0.529. The summed E-state index contributed by atoms with van der Waals surface area (Å²) in [6, 6.07) is 12.5. The highest BCUT2D eigenvalue weighted by atomic mass is 16.5. The molecule has 5 heteroatoms. The smallest absolute Gasteiger partial charge is 0.342 e. The molecular weight excluding hydrogens is 306 g/mol. The van der Waals surface area contributed by atoms with Gasteiger partial charge in [0.25, 0.3) is 5.91 Å². The van der Waals surface area contributed by atoms with Crippen molar-refractivity contribution in [2.24, 2.45) is 0 Å². The number of ether oxygens (including phenoxy) is 2. The number of esters is 1. The van der Waals surface area contributed by atoms with Crippen molar-refractivity contribution in [3.63, 3.8) is 0 Å². The number of hydrogen-bond donors (Lipinski definition) is 1. The van der Waals surface area contributed by atoms with Crippen molar-refractivity contribution in [1.29, 1.82) is 0 Å². The molecular formula is C19H21NO4. The molecule has 0 aliphatic rings. The molecule has 2 aromatic rings. The molecule has 0 bridgehead atoms. The van der Waals surface area contributed by atoms with Gasteiger partial charge >= 0.3 is 5.97 Å². The van der Waals surface area contributed by atoms with Crippen LogP contribution in [0.4, 0.5) is 5.69 Å². The summed E-state index contributed by atoms with van der Waals surface area (Å²) < 4.78 is 10.5. The Balaban J connectivity index is 1.95. The van der Waals surface area contributed by atoms with E-state index in [0.717, 1.165) is 11.1 Å². The van der Waals surface area contributed by atoms with Crippen molar-refractivity contribution < 1.29 is 19.1 Å². The molecule has 0 spiro atoms. The van der Waals surface area contributed by atoms with Crippen LogP contribution in [0.3, 0.4) is 0 Å². The van der Waals surface area contributed by atoms with Crippen LogP contribution < -0.4 is 10.1 Å². The van der Waals surface area contributed by atoms with Crippen LogP contribution in [0.2, 0.25) is 0 Å². The van der Waals surface area contributed by atoms with Crippen molar-refractivity contribution in [1.82, 2.24) is 0 Å². The number of aryl methyl sites for hydroxylation is 2. The molecule has 0 unspecified atom stereocenters. The molecule has 0 atom stereocenters. The van der Waals surface area contributed by atoms with Gasteiger partial charge in [-0.2, -0.15) is 0 Å². The van der Waals surface area contributed by atoms with E-state index in [2.05, 4.69) is 5.32 Å². The zero-order valence-electron chi connectivity index (χ0n) is 14.1. The Bertz CT molecular complexity index is 740. The summed E-state index contributed by atoms with van der Waals surface area (Å²) in [7, 11) is 0. The third kappa shape index (κ3) is 4.59. The lowest BCUT2D eigenvalue weighted by Gasteiger charge is -2.11. The van der Waals surface area contributed by atoms with Crippen LogP contribution in [0.15, 0.2) is 42.5 Å². The molecule has 0 radical (unpaired) electrons. The van der Waals surface area contributed by atoms with E-state index in [4.69, 9.17) is 9.47 Å². The summed E-state index contributed by atoms with van der Waals surface area (Å²) in [6.45, 7) is 5.81. The first-order chi connectivity index (χ1) is 11.5. The van der Waals surface area contributed by atoms with Crippen LogP contribution in [-0.2, 0) is 9.53 Å². The first kappa shape index (κ1) is 17.5. The first-order valence-electron chi connectivity index (χ1n) is 7.77. The quantitative estimate of drug-likeness (QED) is 0.825. The van der Waals surface area contributed by atoms with Crippen LogP contribution in [0.25, 0.3) is 0 Å². The molecule has 0 aliphatic carbocycles. The van der Waals surface area contributed by atoms with E-state index in [9.17, 15) is 9.59 Å². The van der Waals surface area contributed by atoms with Gasteiger partial charge < -0.3 is 14.8 Å². The second kappa shape index (κ2) is 8.15. The minimum Gasteiger partial charge on any atom is -0.493 e. The van der Waals surface area contributed by atoms with E-state index in [1.54, 1.807) is 24.3 Å². The number of benzene rings is 2. The van der Waals surface area contributed by atoms with E-state index in [1.807, 2.05) is 39.0 Å².